The van der Waals surface area contributed by atoms with Crippen LogP contribution < -0.4 is 5.32 Å². The van der Waals surface area contributed by atoms with Crippen molar-refractivity contribution in [3.63, 3.8) is 0 Å². The normalized spacial score (nSPS) is 21.6. The van der Waals surface area contributed by atoms with Gasteiger partial charge < -0.3 is 10.4 Å². The highest BCUT2D eigenvalue weighted by Gasteiger charge is 2.46. The van der Waals surface area contributed by atoms with Crippen LogP contribution in [0, 0.1) is 0 Å². The summed E-state index contributed by atoms with van der Waals surface area (Å²) in [5.41, 5.74) is -0.00763. The van der Waals surface area contributed by atoms with Gasteiger partial charge in [-0.15, -0.1) is 0 Å². The number of aliphatic hydroxyl groups is 1. The molecule has 2 N–H and O–H groups in total. The zero-order chi connectivity index (χ0) is 12.8. The molecule has 0 radical (unpaired) electrons. The second-order valence-corrected chi connectivity index (χ2v) is 5.04. The summed E-state index contributed by atoms with van der Waals surface area (Å²) in [5.74, 6) is -0.329. The first kappa shape index (κ1) is 11.4. The van der Waals surface area contributed by atoms with Crippen molar-refractivity contribution in [1.29, 1.82) is 0 Å². The number of carbonyl (C=O) groups excluding carboxylic acids is 1. The number of ketones is 1. The number of para-hydroxylation sites is 1. The largest absolute Gasteiger partial charge is 0.361 e. The molecule has 0 unspecified atom stereocenters. The maximum absolute atomic E-state index is 12.3. The van der Waals surface area contributed by atoms with Gasteiger partial charge >= 0.3 is 0 Å². The molecule has 4 heteroatoms. The summed E-state index contributed by atoms with van der Waals surface area (Å²) >= 11 is 3.36. The van der Waals surface area contributed by atoms with E-state index in [9.17, 15) is 9.90 Å². The Labute approximate surface area is 113 Å². The number of Topliss-reactive ketones (excluding diaryl/α,β-unsaturated/α-hetero) is 1. The summed E-state index contributed by atoms with van der Waals surface area (Å²) in [6.45, 7) is 0. The van der Waals surface area contributed by atoms with E-state index in [2.05, 4.69) is 21.2 Å². The van der Waals surface area contributed by atoms with Gasteiger partial charge in [0.05, 0.1) is 0 Å². The van der Waals surface area contributed by atoms with E-state index in [1.807, 2.05) is 12.1 Å². The molecule has 1 heterocycles. The lowest BCUT2D eigenvalue weighted by Gasteiger charge is -2.23. The minimum Gasteiger partial charge on any atom is -0.361 e. The summed E-state index contributed by atoms with van der Waals surface area (Å²) in [6.07, 6.45) is 0. The van der Waals surface area contributed by atoms with E-state index >= 15 is 0 Å². The second-order valence-electron chi connectivity index (χ2n) is 4.19. The Bertz CT molecular complexity index is 641. The molecule has 18 heavy (non-hydrogen) atoms. The quantitative estimate of drug-likeness (QED) is 0.851. The lowest BCUT2D eigenvalue weighted by molar-refractivity contribution is 0.0469. The van der Waals surface area contributed by atoms with Gasteiger partial charge in [-0.2, -0.15) is 0 Å². The van der Waals surface area contributed by atoms with Crippen LogP contribution in [0.2, 0.25) is 0 Å². The van der Waals surface area contributed by atoms with Crippen molar-refractivity contribution >= 4 is 27.4 Å². The van der Waals surface area contributed by atoms with E-state index in [0.717, 1.165) is 0 Å². The summed E-state index contributed by atoms with van der Waals surface area (Å²) in [6, 6.07) is 14.2. The van der Waals surface area contributed by atoms with Crippen LogP contribution in [-0.4, -0.2) is 10.9 Å². The Balaban J connectivity index is 2.15. The molecule has 0 bridgehead atoms. The predicted molar refractivity (Wildman–Crippen MR) is 72.4 cm³/mol. The zero-order valence-electron chi connectivity index (χ0n) is 9.35. The van der Waals surface area contributed by atoms with Crippen LogP contribution in [0.25, 0.3) is 0 Å². The molecule has 0 amide bonds. The summed E-state index contributed by atoms with van der Waals surface area (Å²) < 4.78 is 0.696. The number of fused-ring (bicyclic) bond motifs is 1. The average Bonchev–Trinajstić information content (AvgIpc) is 2.64. The minimum absolute atomic E-state index is 0.329. The van der Waals surface area contributed by atoms with E-state index in [0.29, 0.717) is 21.3 Å². The molecule has 2 aromatic rings. The van der Waals surface area contributed by atoms with Crippen molar-refractivity contribution in [3.8, 4) is 0 Å². The van der Waals surface area contributed by atoms with E-state index in [4.69, 9.17) is 0 Å². The van der Waals surface area contributed by atoms with Crippen LogP contribution in [0.4, 0.5) is 5.69 Å². The fourth-order valence-corrected chi connectivity index (χ4v) is 2.75. The summed E-state index contributed by atoms with van der Waals surface area (Å²) in [7, 11) is 0. The van der Waals surface area contributed by atoms with Crippen molar-refractivity contribution in [2.45, 2.75) is 5.72 Å². The van der Waals surface area contributed by atoms with E-state index in [1.54, 1.807) is 36.4 Å². The molecule has 3 rings (SSSR count). The third-order valence-corrected chi connectivity index (χ3v) is 3.77. The summed E-state index contributed by atoms with van der Waals surface area (Å²) in [4.78, 5) is 12.3. The second kappa shape index (κ2) is 3.93. The first-order valence-corrected chi connectivity index (χ1v) is 6.31. The van der Waals surface area contributed by atoms with Crippen LogP contribution in [0.5, 0.6) is 0 Å². The van der Waals surface area contributed by atoms with Gasteiger partial charge in [-0.25, -0.2) is 0 Å². The van der Waals surface area contributed by atoms with Gasteiger partial charge in [0.2, 0.25) is 11.5 Å². The lowest BCUT2D eigenvalue weighted by Crippen LogP contribution is -2.38. The van der Waals surface area contributed by atoms with Crippen molar-refractivity contribution < 1.29 is 9.90 Å². The fourth-order valence-electron chi connectivity index (χ4n) is 2.18. The molecule has 1 aliphatic rings. The molecule has 0 aromatic heterocycles. The molecule has 0 saturated heterocycles. The van der Waals surface area contributed by atoms with Gasteiger partial charge in [-0.1, -0.05) is 46.3 Å². The molecule has 3 nitrogen and oxygen atoms in total. The molecule has 0 saturated carbocycles. The predicted octanol–water partition coefficient (Wildman–Crippen LogP) is 2.90. The third kappa shape index (κ3) is 1.50. The first-order valence-electron chi connectivity index (χ1n) is 5.52. The molecular formula is C14H10BrNO2. The van der Waals surface area contributed by atoms with Gasteiger partial charge in [-0.3, -0.25) is 4.79 Å². The van der Waals surface area contributed by atoms with E-state index < -0.39 is 5.72 Å². The van der Waals surface area contributed by atoms with Crippen molar-refractivity contribution in [2.75, 3.05) is 5.32 Å². The van der Waals surface area contributed by atoms with Crippen LogP contribution in [0.1, 0.15) is 15.9 Å². The number of halogens is 1. The Morgan fingerprint density at radius 1 is 1.06 bits per heavy atom. The lowest BCUT2D eigenvalue weighted by atomic mass is 9.97. The number of nitrogens with one attached hydrogen (secondary N) is 1. The van der Waals surface area contributed by atoms with Crippen molar-refractivity contribution in [3.05, 3.63) is 64.1 Å². The third-order valence-electron chi connectivity index (χ3n) is 3.08. The van der Waals surface area contributed by atoms with E-state index in [1.165, 1.54) is 0 Å². The number of anilines is 1. The maximum Gasteiger partial charge on any atom is 0.228 e. The molecule has 0 aliphatic carbocycles. The van der Waals surface area contributed by atoms with Gasteiger partial charge in [-0.05, 0) is 18.2 Å². The van der Waals surface area contributed by atoms with Gasteiger partial charge in [0.1, 0.15) is 0 Å². The highest BCUT2D eigenvalue weighted by atomic mass is 79.9. The molecule has 0 spiro atoms. The molecule has 0 fully saturated rings. The monoisotopic (exact) mass is 303 g/mol. The van der Waals surface area contributed by atoms with Crippen LogP contribution in [-0.2, 0) is 5.72 Å². The van der Waals surface area contributed by atoms with Crippen LogP contribution in [0.3, 0.4) is 0 Å². The fraction of sp³-hybridized carbons (Fsp3) is 0.0714. The Hall–Kier alpha value is -1.65. The smallest absolute Gasteiger partial charge is 0.228 e. The SMILES string of the molecule is O=C1c2ccccc2N[C@@]1(O)c1ccccc1Br. The van der Waals surface area contributed by atoms with E-state index in [-0.39, 0.29) is 5.78 Å². The number of hydrogen-bond donors (Lipinski definition) is 2. The maximum atomic E-state index is 12.3. The number of benzene rings is 2. The van der Waals surface area contributed by atoms with Crippen molar-refractivity contribution in [1.82, 2.24) is 0 Å². The molecular weight excluding hydrogens is 294 g/mol. The number of carbonyl (C=O) groups is 1. The number of hydrogen-bond acceptors (Lipinski definition) is 3. The molecule has 1 atom stereocenters. The Morgan fingerprint density at radius 2 is 1.72 bits per heavy atom. The topological polar surface area (TPSA) is 49.3 Å². The van der Waals surface area contributed by atoms with Gasteiger partial charge in [0.15, 0.2) is 0 Å². The molecule has 2 aromatic carbocycles. The molecule has 90 valence electrons. The van der Waals surface area contributed by atoms with Gasteiger partial charge in [0.25, 0.3) is 0 Å². The van der Waals surface area contributed by atoms with Crippen LogP contribution >= 0.6 is 15.9 Å². The Morgan fingerprint density at radius 3 is 2.44 bits per heavy atom. The standard InChI is InChI=1S/C14H10BrNO2/c15-11-7-3-2-6-10(11)14(18)13(17)9-5-1-4-8-12(9)16-14/h1-8,16,18H/t14-/m1/s1. The van der Waals surface area contributed by atoms with Gasteiger partial charge in [0, 0.05) is 21.3 Å². The highest BCUT2D eigenvalue weighted by Crippen LogP contribution is 2.39. The molecule has 1 aliphatic heterocycles. The summed E-state index contributed by atoms with van der Waals surface area (Å²) in [5, 5.41) is 13.5. The minimum atomic E-state index is -1.69. The number of rotatable bonds is 1. The van der Waals surface area contributed by atoms with Crippen molar-refractivity contribution in [2.24, 2.45) is 0 Å². The van der Waals surface area contributed by atoms with Crippen LogP contribution in [0.15, 0.2) is 53.0 Å². The zero-order valence-corrected chi connectivity index (χ0v) is 10.9. The Kier molecular flexibility index (Phi) is 2.50. The average molecular weight is 304 g/mol. The highest BCUT2D eigenvalue weighted by molar-refractivity contribution is 9.10. The first-order chi connectivity index (χ1) is 8.63.